The first-order valence-corrected chi connectivity index (χ1v) is 11.2. The van der Waals surface area contributed by atoms with E-state index in [9.17, 15) is 14.4 Å². The first kappa shape index (κ1) is 21.7. The van der Waals surface area contributed by atoms with Gasteiger partial charge in [-0.1, -0.05) is 54.6 Å². The maximum Gasteiger partial charge on any atom is 0.281 e. The predicted octanol–water partition coefficient (Wildman–Crippen LogP) is 3.42. The Morgan fingerprint density at radius 1 is 1.06 bits per heavy atom. The Labute approximate surface area is 190 Å². The van der Waals surface area contributed by atoms with Crippen molar-refractivity contribution < 1.29 is 14.4 Å². The number of carbonyl (C=O) groups excluding carboxylic acids is 3. The van der Waals surface area contributed by atoms with Gasteiger partial charge in [-0.15, -0.1) is 11.3 Å². The number of thiazole rings is 1. The summed E-state index contributed by atoms with van der Waals surface area (Å²) in [6, 6.07) is 17.1. The number of hydrazine groups is 1. The molecular formula is C24H24N4O3S. The van der Waals surface area contributed by atoms with Crippen LogP contribution in [-0.2, 0) is 16.0 Å². The van der Waals surface area contributed by atoms with Crippen LogP contribution in [0.25, 0.3) is 10.6 Å². The number of fused-ring (bicyclic) bond motifs is 1. The van der Waals surface area contributed by atoms with E-state index in [-0.39, 0.29) is 24.3 Å². The molecule has 3 amide bonds. The predicted molar refractivity (Wildman–Crippen MR) is 123 cm³/mol. The third-order valence-electron chi connectivity index (χ3n) is 5.53. The van der Waals surface area contributed by atoms with Gasteiger partial charge in [-0.05, 0) is 24.5 Å². The minimum Gasteiger partial charge on any atom is -0.335 e. The summed E-state index contributed by atoms with van der Waals surface area (Å²) in [7, 11) is 0. The smallest absolute Gasteiger partial charge is 0.281 e. The maximum absolute atomic E-state index is 12.7. The van der Waals surface area contributed by atoms with Crippen LogP contribution in [0.3, 0.4) is 0 Å². The largest absolute Gasteiger partial charge is 0.335 e. The number of rotatable bonds is 4. The van der Waals surface area contributed by atoms with Gasteiger partial charge in [-0.2, -0.15) is 0 Å². The number of aromatic nitrogens is 1. The standard InChI is InChI=1S/C24H24N4O3S/c1-15-22(32-24(25-15)18-9-4-3-5-10-18)23(31)27-26-21(30)14-20-19-11-7-6-8-17(19)12-13-28(20)16(2)29/h3-11,20H,12-14H2,1-2H3,(H,26,30)(H,27,31). The van der Waals surface area contributed by atoms with E-state index in [1.165, 1.54) is 18.3 Å². The van der Waals surface area contributed by atoms with E-state index in [0.29, 0.717) is 17.1 Å². The third kappa shape index (κ3) is 4.55. The van der Waals surface area contributed by atoms with Crippen LogP contribution in [0.1, 0.15) is 45.9 Å². The zero-order valence-corrected chi connectivity index (χ0v) is 18.7. The molecule has 8 heteroatoms. The molecule has 0 saturated carbocycles. The average Bonchev–Trinajstić information content (AvgIpc) is 3.20. The monoisotopic (exact) mass is 448 g/mol. The van der Waals surface area contributed by atoms with E-state index in [4.69, 9.17) is 0 Å². The second-order valence-electron chi connectivity index (χ2n) is 7.68. The van der Waals surface area contributed by atoms with Crippen LogP contribution in [-0.4, -0.2) is 34.2 Å². The molecule has 2 N–H and O–H groups in total. The third-order valence-corrected chi connectivity index (χ3v) is 6.74. The molecule has 1 aromatic heterocycles. The molecule has 0 aliphatic carbocycles. The van der Waals surface area contributed by atoms with Gasteiger partial charge in [0.15, 0.2) is 0 Å². The van der Waals surface area contributed by atoms with Gasteiger partial charge in [0.2, 0.25) is 11.8 Å². The highest BCUT2D eigenvalue weighted by Gasteiger charge is 2.30. The highest BCUT2D eigenvalue weighted by atomic mass is 32.1. The zero-order chi connectivity index (χ0) is 22.7. The molecule has 1 aliphatic rings. The second-order valence-corrected chi connectivity index (χ2v) is 8.68. The lowest BCUT2D eigenvalue weighted by Gasteiger charge is -2.36. The Balaban J connectivity index is 1.42. The summed E-state index contributed by atoms with van der Waals surface area (Å²) in [4.78, 5) is 44.1. The van der Waals surface area contributed by atoms with Crippen LogP contribution >= 0.6 is 11.3 Å². The summed E-state index contributed by atoms with van der Waals surface area (Å²) in [5.41, 5.74) is 8.64. The number of hydrogen-bond acceptors (Lipinski definition) is 5. The summed E-state index contributed by atoms with van der Waals surface area (Å²) in [5.74, 6) is -0.852. The quantitative estimate of drug-likeness (QED) is 0.599. The Morgan fingerprint density at radius 2 is 1.78 bits per heavy atom. The van der Waals surface area contributed by atoms with Gasteiger partial charge in [0.1, 0.15) is 9.88 Å². The number of carbonyl (C=O) groups is 3. The second kappa shape index (κ2) is 9.32. The van der Waals surface area contributed by atoms with E-state index < -0.39 is 5.91 Å². The van der Waals surface area contributed by atoms with Gasteiger partial charge < -0.3 is 4.90 Å². The van der Waals surface area contributed by atoms with Crippen molar-refractivity contribution >= 4 is 29.1 Å². The molecular weight excluding hydrogens is 424 g/mol. The molecule has 0 fully saturated rings. The summed E-state index contributed by atoms with van der Waals surface area (Å²) in [6.07, 6.45) is 0.826. The highest BCUT2D eigenvalue weighted by Crippen LogP contribution is 2.32. The molecule has 3 aromatic rings. The fraction of sp³-hybridized carbons (Fsp3) is 0.250. The van der Waals surface area contributed by atoms with Crippen molar-refractivity contribution in [3.05, 3.63) is 76.3 Å². The Hall–Kier alpha value is -3.52. The van der Waals surface area contributed by atoms with Gasteiger partial charge in [0, 0.05) is 19.0 Å². The van der Waals surface area contributed by atoms with E-state index in [1.807, 2.05) is 54.6 Å². The summed E-state index contributed by atoms with van der Waals surface area (Å²) >= 11 is 1.28. The van der Waals surface area contributed by atoms with Crippen molar-refractivity contribution in [1.29, 1.82) is 0 Å². The maximum atomic E-state index is 12.7. The van der Waals surface area contributed by atoms with Crippen molar-refractivity contribution in [2.45, 2.75) is 32.7 Å². The topological polar surface area (TPSA) is 91.4 Å². The zero-order valence-electron chi connectivity index (χ0n) is 17.9. The van der Waals surface area contributed by atoms with E-state index in [2.05, 4.69) is 15.8 Å². The van der Waals surface area contributed by atoms with Crippen molar-refractivity contribution in [2.75, 3.05) is 6.54 Å². The molecule has 0 saturated heterocycles. The molecule has 164 valence electrons. The average molecular weight is 449 g/mol. The van der Waals surface area contributed by atoms with Crippen molar-refractivity contribution in [1.82, 2.24) is 20.7 Å². The van der Waals surface area contributed by atoms with Crippen LogP contribution in [0.4, 0.5) is 0 Å². The lowest BCUT2D eigenvalue weighted by molar-refractivity contribution is -0.133. The lowest BCUT2D eigenvalue weighted by atomic mass is 9.90. The molecule has 2 aromatic carbocycles. The van der Waals surface area contributed by atoms with Crippen LogP contribution in [0.2, 0.25) is 0 Å². The molecule has 0 spiro atoms. The molecule has 32 heavy (non-hydrogen) atoms. The van der Waals surface area contributed by atoms with Gasteiger partial charge in [0.25, 0.3) is 5.91 Å². The summed E-state index contributed by atoms with van der Waals surface area (Å²) < 4.78 is 0. The normalized spacial score (nSPS) is 15.1. The Bertz CT molecular complexity index is 1160. The number of hydrogen-bond donors (Lipinski definition) is 2. The van der Waals surface area contributed by atoms with Gasteiger partial charge in [-0.3, -0.25) is 25.2 Å². The fourth-order valence-corrected chi connectivity index (χ4v) is 4.94. The SMILES string of the molecule is CC(=O)N1CCc2ccccc2C1CC(=O)NNC(=O)c1sc(-c2ccccc2)nc1C. The molecule has 1 unspecified atom stereocenters. The van der Waals surface area contributed by atoms with Gasteiger partial charge >= 0.3 is 0 Å². The molecule has 1 aliphatic heterocycles. The number of benzene rings is 2. The summed E-state index contributed by atoms with van der Waals surface area (Å²) in [5, 5.41) is 0.746. The van der Waals surface area contributed by atoms with Crippen LogP contribution in [0.15, 0.2) is 54.6 Å². The minimum atomic E-state index is -0.414. The van der Waals surface area contributed by atoms with Gasteiger partial charge in [0.05, 0.1) is 18.2 Å². The molecule has 4 rings (SSSR count). The fourth-order valence-electron chi connectivity index (χ4n) is 3.97. The van der Waals surface area contributed by atoms with Crippen molar-refractivity contribution in [2.24, 2.45) is 0 Å². The van der Waals surface area contributed by atoms with Crippen LogP contribution in [0.5, 0.6) is 0 Å². The molecule has 1 atom stereocenters. The summed E-state index contributed by atoms with van der Waals surface area (Å²) in [6.45, 7) is 3.85. The van der Waals surface area contributed by atoms with E-state index >= 15 is 0 Å². The van der Waals surface area contributed by atoms with Crippen molar-refractivity contribution in [3.63, 3.8) is 0 Å². The van der Waals surface area contributed by atoms with Crippen LogP contribution < -0.4 is 10.9 Å². The highest BCUT2D eigenvalue weighted by molar-refractivity contribution is 7.17. The number of amides is 3. The number of nitrogens with one attached hydrogen (secondary N) is 2. The lowest BCUT2D eigenvalue weighted by Crippen LogP contribution is -2.45. The van der Waals surface area contributed by atoms with E-state index in [1.54, 1.807) is 11.8 Å². The van der Waals surface area contributed by atoms with E-state index in [0.717, 1.165) is 28.1 Å². The molecule has 2 heterocycles. The van der Waals surface area contributed by atoms with Gasteiger partial charge in [-0.25, -0.2) is 4.98 Å². The Morgan fingerprint density at radius 3 is 2.53 bits per heavy atom. The molecule has 7 nitrogen and oxygen atoms in total. The van der Waals surface area contributed by atoms with Crippen molar-refractivity contribution in [3.8, 4) is 10.6 Å². The molecule has 0 bridgehead atoms. The number of nitrogens with zero attached hydrogens (tertiary/aromatic N) is 2. The first-order valence-electron chi connectivity index (χ1n) is 10.4. The molecule has 0 radical (unpaired) electrons. The minimum absolute atomic E-state index is 0.0633. The first-order chi connectivity index (χ1) is 15.4. The van der Waals surface area contributed by atoms with Crippen LogP contribution in [0, 0.1) is 6.92 Å². The Kier molecular flexibility index (Phi) is 6.32. The number of aryl methyl sites for hydroxylation is 1.